The van der Waals surface area contributed by atoms with Gasteiger partial charge in [0.05, 0.1) is 6.10 Å². The lowest BCUT2D eigenvalue weighted by Gasteiger charge is -2.30. The van der Waals surface area contributed by atoms with Gasteiger partial charge >= 0.3 is 5.82 Å². The number of imidazole rings is 1. The molecule has 0 bridgehead atoms. The first-order valence-corrected chi connectivity index (χ1v) is 7.91. The second-order valence-electron chi connectivity index (χ2n) is 6.07. The maximum atomic E-state index is 10.9. The standard InChI is InChI=1S/C16H21N5O3/c1-19-11-18-16(21(23)24)15(19)17-8-14(22)10-20-7-6-12-4-2-3-5-13(12)9-20/h2-5,11,14,17,22H,6-10H2,1H3/t14-/m1/s1. The first kappa shape index (κ1) is 16.4. The fraction of sp³-hybridized carbons (Fsp3) is 0.438. The molecule has 1 aromatic carbocycles. The smallest absolute Gasteiger partial charge is 0.390 e. The van der Waals surface area contributed by atoms with Crippen molar-refractivity contribution in [3.8, 4) is 0 Å². The van der Waals surface area contributed by atoms with Gasteiger partial charge in [-0.05, 0) is 27.5 Å². The average Bonchev–Trinajstić information content (AvgIpc) is 2.94. The van der Waals surface area contributed by atoms with Crippen molar-refractivity contribution in [2.45, 2.75) is 19.1 Å². The number of fused-ring (bicyclic) bond motifs is 1. The summed E-state index contributed by atoms with van der Waals surface area (Å²) in [5.41, 5.74) is 2.66. The summed E-state index contributed by atoms with van der Waals surface area (Å²) in [5, 5.41) is 24.1. The Morgan fingerprint density at radius 3 is 2.92 bits per heavy atom. The number of nitrogens with zero attached hydrogens (tertiary/aromatic N) is 4. The van der Waals surface area contributed by atoms with Crippen molar-refractivity contribution in [2.24, 2.45) is 7.05 Å². The highest BCUT2D eigenvalue weighted by Crippen LogP contribution is 2.21. The molecule has 2 N–H and O–H groups in total. The summed E-state index contributed by atoms with van der Waals surface area (Å²) in [6.45, 7) is 2.48. The maximum absolute atomic E-state index is 10.9. The molecule has 3 rings (SSSR count). The molecule has 2 heterocycles. The van der Waals surface area contributed by atoms with E-state index in [-0.39, 0.29) is 12.4 Å². The Morgan fingerprint density at radius 2 is 2.17 bits per heavy atom. The van der Waals surface area contributed by atoms with Crippen LogP contribution in [0.4, 0.5) is 11.6 Å². The van der Waals surface area contributed by atoms with E-state index >= 15 is 0 Å². The largest absolute Gasteiger partial charge is 0.406 e. The first-order valence-electron chi connectivity index (χ1n) is 7.91. The first-order chi connectivity index (χ1) is 11.5. The molecule has 0 radical (unpaired) electrons. The van der Waals surface area contributed by atoms with Crippen LogP contribution >= 0.6 is 0 Å². The lowest BCUT2D eigenvalue weighted by Crippen LogP contribution is -2.39. The Labute approximate surface area is 139 Å². The molecular formula is C16H21N5O3. The lowest BCUT2D eigenvalue weighted by molar-refractivity contribution is -0.388. The van der Waals surface area contributed by atoms with Crippen molar-refractivity contribution in [3.63, 3.8) is 0 Å². The van der Waals surface area contributed by atoms with Crippen molar-refractivity contribution in [3.05, 3.63) is 51.8 Å². The molecule has 0 fully saturated rings. The van der Waals surface area contributed by atoms with Crippen LogP contribution in [0.5, 0.6) is 0 Å². The van der Waals surface area contributed by atoms with E-state index in [9.17, 15) is 15.2 Å². The van der Waals surface area contributed by atoms with Crippen LogP contribution < -0.4 is 5.32 Å². The molecule has 0 unspecified atom stereocenters. The number of benzene rings is 1. The molecule has 1 aliphatic heterocycles. The van der Waals surface area contributed by atoms with Gasteiger partial charge in [-0.1, -0.05) is 24.3 Å². The van der Waals surface area contributed by atoms with Gasteiger partial charge in [0.15, 0.2) is 0 Å². The van der Waals surface area contributed by atoms with Gasteiger partial charge in [-0.15, -0.1) is 0 Å². The molecule has 0 saturated heterocycles. The molecule has 0 spiro atoms. The molecule has 2 aromatic rings. The molecule has 8 heteroatoms. The Kier molecular flexibility index (Phi) is 4.77. The van der Waals surface area contributed by atoms with Gasteiger partial charge in [0.1, 0.15) is 0 Å². The molecule has 8 nitrogen and oxygen atoms in total. The third kappa shape index (κ3) is 3.55. The van der Waals surface area contributed by atoms with Gasteiger partial charge in [-0.3, -0.25) is 9.47 Å². The molecule has 1 aliphatic rings. The monoisotopic (exact) mass is 331 g/mol. The predicted octanol–water partition coefficient (Wildman–Crippen LogP) is 1.16. The quantitative estimate of drug-likeness (QED) is 0.609. The van der Waals surface area contributed by atoms with Crippen LogP contribution in [0.1, 0.15) is 11.1 Å². The summed E-state index contributed by atoms with van der Waals surface area (Å²) in [6.07, 6.45) is 1.74. The minimum absolute atomic E-state index is 0.225. The van der Waals surface area contributed by atoms with Gasteiger partial charge in [0.2, 0.25) is 12.1 Å². The summed E-state index contributed by atoms with van der Waals surface area (Å²) in [5.74, 6) is 0.0830. The van der Waals surface area contributed by atoms with Gasteiger partial charge in [0, 0.05) is 33.2 Å². The van der Waals surface area contributed by atoms with E-state index in [4.69, 9.17) is 0 Å². The normalized spacial score (nSPS) is 15.8. The molecule has 1 atom stereocenters. The van der Waals surface area contributed by atoms with E-state index in [2.05, 4.69) is 27.3 Å². The summed E-state index contributed by atoms with van der Waals surface area (Å²) in [7, 11) is 1.68. The zero-order valence-corrected chi connectivity index (χ0v) is 13.6. The number of anilines is 1. The van der Waals surface area contributed by atoms with Crippen molar-refractivity contribution in [1.82, 2.24) is 14.5 Å². The maximum Gasteiger partial charge on any atom is 0.406 e. The SMILES string of the molecule is Cn1cnc([N+](=O)[O-])c1NC[C@@H](O)CN1CCc2ccccc2C1. The van der Waals surface area contributed by atoms with E-state index < -0.39 is 11.0 Å². The minimum atomic E-state index is -0.621. The van der Waals surface area contributed by atoms with Gasteiger partial charge in [-0.2, -0.15) is 0 Å². The van der Waals surface area contributed by atoms with Crippen LogP contribution in [0.15, 0.2) is 30.6 Å². The van der Waals surface area contributed by atoms with Crippen molar-refractivity contribution in [2.75, 3.05) is 25.0 Å². The summed E-state index contributed by atoms with van der Waals surface area (Å²) < 4.78 is 1.54. The predicted molar refractivity (Wildman–Crippen MR) is 89.8 cm³/mol. The topological polar surface area (TPSA) is 96.5 Å². The molecule has 128 valence electrons. The number of rotatable bonds is 6. The fourth-order valence-electron chi connectivity index (χ4n) is 3.04. The number of β-amino-alcohol motifs (C(OH)–C–C–N with tert-alkyl or cyclic N) is 1. The zero-order chi connectivity index (χ0) is 17.1. The molecule has 0 saturated carbocycles. The number of aryl methyl sites for hydroxylation is 1. The van der Waals surface area contributed by atoms with Crippen LogP contribution in [0.2, 0.25) is 0 Å². The van der Waals surface area contributed by atoms with Crippen LogP contribution in [-0.2, 0) is 20.0 Å². The highest BCUT2D eigenvalue weighted by atomic mass is 16.6. The van der Waals surface area contributed by atoms with Gasteiger partial charge in [-0.25, -0.2) is 0 Å². The van der Waals surface area contributed by atoms with Crippen molar-refractivity contribution >= 4 is 11.6 Å². The van der Waals surface area contributed by atoms with E-state index in [1.165, 1.54) is 17.5 Å². The van der Waals surface area contributed by atoms with Gasteiger partial charge < -0.3 is 20.5 Å². The molecular weight excluding hydrogens is 310 g/mol. The summed E-state index contributed by atoms with van der Waals surface area (Å²) in [6, 6.07) is 8.34. The van der Waals surface area contributed by atoms with Crippen LogP contribution in [0, 0.1) is 10.1 Å². The fourth-order valence-corrected chi connectivity index (χ4v) is 3.04. The highest BCUT2D eigenvalue weighted by molar-refractivity contribution is 5.52. The number of nitrogens with one attached hydrogen (secondary N) is 1. The van der Waals surface area contributed by atoms with Crippen LogP contribution in [-0.4, -0.2) is 50.2 Å². The number of aromatic nitrogens is 2. The third-order valence-electron chi connectivity index (χ3n) is 4.27. The number of hydrogen-bond acceptors (Lipinski definition) is 6. The number of aliphatic hydroxyl groups excluding tert-OH is 1. The molecule has 0 amide bonds. The lowest BCUT2D eigenvalue weighted by atomic mass is 10.00. The molecule has 24 heavy (non-hydrogen) atoms. The van der Waals surface area contributed by atoms with Crippen LogP contribution in [0.25, 0.3) is 0 Å². The van der Waals surface area contributed by atoms with Crippen LogP contribution in [0.3, 0.4) is 0 Å². The third-order valence-corrected chi connectivity index (χ3v) is 4.27. The zero-order valence-electron chi connectivity index (χ0n) is 13.6. The Morgan fingerprint density at radius 1 is 1.42 bits per heavy atom. The van der Waals surface area contributed by atoms with E-state index in [0.29, 0.717) is 12.4 Å². The number of nitro groups is 1. The number of hydrogen-bond donors (Lipinski definition) is 2. The van der Waals surface area contributed by atoms with Crippen molar-refractivity contribution < 1.29 is 10.0 Å². The average molecular weight is 331 g/mol. The second-order valence-corrected chi connectivity index (χ2v) is 6.07. The second kappa shape index (κ2) is 6.98. The minimum Gasteiger partial charge on any atom is -0.390 e. The molecule has 1 aromatic heterocycles. The number of aliphatic hydroxyl groups is 1. The van der Waals surface area contributed by atoms with E-state index in [1.807, 2.05) is 12.1 Å². The Bertz CT molecular complexity index is 730. The van der Waals surface area contributed by atoms with E-state index in [0.717, 1.165) is 19.5 Å². The Hall–Kier alpha value is -2.45. The van der Waals surface area contributed by atoms with Crippen molar-refractivity contribution in [1.29, 1.82) is 0 Å². The molecule has 0 aliphatic carbocycles. The summed E-state index contributed by atoms with van der Waals surface area (Å²) >= 11 is 0. The highest BCUT2D eigenvalue weighted by Gasteiger charge is 2.22. The van der Waals surface area contributed by atoms with E-state index in [1.54, 1.807) is 11.6 Å². The van der Waals surface area contributed by atoms with Gasteiger partial charge in [0.25, 0.3) is 0 Å². The summed E-state index contributed by atoms with van der Waals surface area (Å²) in [4.78, 5) is 16.3. The Balaban J connectivity index is 1.55.